The zero-order valence-corrected chi connectivity index (χ0v) is 13.1. The summed E-state index contributed by atoms with van der Waals surface area (Å²) in [4.78, 5) is 26.1. The standard InChI is InChI=1S/C18H20N2O3/c1-13-7-8-15(23-13)12-20-16(9-10-17(20)21)18(22)19-11-14-5-3-2-4-6-14/h2-8,16H,9-12H2,1H3,(H,19,22)/t16-/m1/s1. The van der Waals surface area contributed by atoms with Crippen LogP contribution in [0.3, 0.4) is 0 Å². The molecule has 120 valence electrons. The largest absolute Gasteiger partial charge is 0.464 e. The predicted molar refractivity (Wildman–Crippen MR) is 85.3 cm³/mol. The van der Waals surface area contributed by atoms with Gasteiger partial charge in [0.1, 0.15) is 17.6 Å². The molecular weight excluding hydrogens is 292 g/mol. The number of nitrogens with one attached hydrogen (secondary N) is 1. The molecule has 5 nitrogen and oxygen atoms in total. The van der Waals surface area contributed by atoms with Gasteiger partial charge in [-0.15, -0.1) is 0 Å². The van der Waals surface area contributed by atoms with E-state index in [2.05, 4.69) is 5.32 Å². The Morgan fingerprint density at radius 3 is 2.74 bits per heavy atom. The Bertz CT molecular complexity index is 693. The molecule has 1 atom stereocenters. The Hall–Kier alpha value is -2.56. The molecule has 2 amide bonds. The SMILES string of the molecule is Cc1ccc(CN2C(=O)CC[C@@H]2C(=O)NCc2ccccc2)o1. The lowest BCUT2D eigenvalue weighted by molar-refractivity contribution is -0.136. The minimum atomic E-state index is -0.420. The van der Waals surface area contributed by atoms with E-state index < -0.39 is 6.04 Å². The molecule has 2 heterocycles. The van der Waals surface area contributed by atoms with E-state index in [1.807, 2.05) is 49.4 Å². The van der Waals surface area contributed by atoms with Crippen molar-refractivity contribution < 1.29 is 14.0 Å². The van der Waals surface area contributed by atoms with E-state index in [4.69, 9.17) is 4.42 Å². The van der Waals surface area contributed by atoms with Gasteiger partial charge in [-0.3, -0.25) is 9.59 Å². The number of amides is 2. The molecule has 0 bridgehead atoms. The number of benzene rings is 1. The van der Waals surface area contributed by atoms with Crippen molar-refractivity contribution in [2.75, 3.05) is 0 Å². The van der Waals surface area contributed by atoms with E-state index in [1.54, 1.807) is 4.90 Å². The van der Waals surface area contributed by atoms with E-state index in [-0.39, 0.29) is 11.8 Å². The van der Waals surface area contributed by atoms with E-state index in [1.165, 1.54) is 0 Å². The number of carbonyl (C=O) groups excluding carboxylic acids is 2. The fourth-order valence-electron chi connectivity index (χ4n) is 2.85. The van der Waals surface area contributed by atoms with Gasteiger partial charge >= 0.3 is 0 Å². The highest BCUT2D eigenvalue weighted by Gasteiger charge is 2.36. The van der Waals surface area contributed by atoms with Gasteiger partial charge in [-0.05, 0) is 31.0 Å². The lowest BCUT2D eigenvalue weighted by Gasteiger charge is -2.23. The van der Waals surface area contributed by atoms with Gasteiger partial charge < -0.3 is 14.6 Å². The second-order valence-corrected chi connectivity index (χ2v) is 5.79. The Morgan fingerprint density at radius 1 is 1.26 bits per heavy atom. The van der Waals surface area contributed by atoms with Crippen LogP contribution in [0, 0.1) is 6.92 Å². The van der Waals surface area contributed by atoms with Crippen LogP contribution < -0.4 is 5.32 Å². The smallest absolute Gasteiger partial charge is 0.243 e. The molecular formula is C18H20N2O3. The fourth-order valence-corrected chi connectivity index (χ4v) is 2.85. The summed E-state index contributed by atoms with van der Waals surface area (Å²) in [5.41, 5.74) is 1.04. The molecule has 1 aliphatic heterocycles. The highest BCUT2D eigenvalue weighted by Crippen LogP contribution is 2.22. The number of nitrogens with zero attached hydrogens (tertiary/aromatic N) is 1. The summed E-state index contributed by atoms with van der Waals surface area (Å²) in [5, 5.41) is 2.92. The van der Waals surface area contributed by atoms with Crippen molar-refractivity contribution in [2.45, 2.75) is 38.9 Å². The molecule has 0 aliphatic carbocycles. The van der Waals surface area contributed by atoms with Gasteiger partial charge in [-0.25, -0.2) is 0 Å². The van der Waals surface area contributed by atoms with E-state index in [9.17, 15) is 9.59 Å². The first-order valence-corrected chi connectivity index (χ1v) is 7.80. The molecule has 1 aliphatic rings. The van der Waals surface area contributed by atoms with E-state index in [0.29, 0.717) is 31.7 Å². The van der Waals surface area contributed by atoms with Crippen molar-refractivity contribution in [3.05, 3.63) is 59.5 Å². The number of rotatable bonds is 5. The summed E-state index contributed by atoms with van der Waals surface area (Å²) < 4.78 is 5.53. The van der Waals surface area contributed by atoms with Crippen molar-refractivity contribution in [1.82, 2.24) is 10.2 Å². The first-order chi connectivity index (χ1) is 11.1. The quantitative estimate of drug-likeness (QED) is 0.922. The molecule has 1 saturated heterocycles. The Kier molecular flexibility index (Phi) is 4.46. The summed E-state index contributed by atoms with van der Waals surface area (Å²) in [5.74, 6) is 1.40. The van der Waals surface area contributed by atoms with Gasteiger partial charge in [0.25, 0.3) is 0 Å². The van der Waals surface area contributed by atoms with Crippen LogP contribution in [0.25, 0.3) is 0 Å². The third kappa shape index (κ3) is 3.62. The summed E-state index contributed by atoms with van der Waals surface area (Å²) in [6.07, 6.45) is 0.961. The second kappa shape index (κ2) is 6.69. The highest BCUT2D eigenvalue weighted by atomic mass is 16.3. The van der Waals surface area contributed by atoms with Crippen LogP contribution >= 0.6 is 0 Å². The molecule has 0 unspecified atom stereocenters. The summed E-state index contributed by atoms with van der Waals surface area (Å²) in [6, 6.07) is 13.0. The summed E-state index contributed by atoms with van der Waals surface area (Å²) in [6.45, 7) is 2.67. The van der Waals surface area contributed by atoms with E-state index >= 15 is 0 Å². The Labute approximate surface area is 135 Å². The molecule has 1 aromatic carbocycles. The first-order valence-electron chi connectivity index (χ1n) is 7.80. The molecule has 23 heavy (non-hydrogen) atoms. The van der Waals surface area contributed by atoms with Crippen LogP contribution in [-0.2, 0) is 22.7 Å². The number of aryl methyl sites for hydroxylation is 1. The molecule has 0 radical (unpaired) electrons. The Balaban J connectivity index is 1.62. The monoisotopic (exact) mass is 312 g/mol. The maximum atomic E-state index is 12.4. The molecule has 1 fully saturated rings. The van der Waals surface area contributed by atoms with Gasteiger partial charge in [0, 0.05) is 13.0 Å². The number of hydrogen-bond donors (Lipinski definition) is 1. The zero-order valence-electron chi connectivity index (χ0n) is 13.1. The first kappa shape index (κ1) is 15.3. The lowest BCUT2D eigenvalue weighted by Crippen LogP contribution is -2.44. The van der Waals surface area contributed by atoms with Crippen LogP contribution in [0.2, 0.25) is 0 Å². The number of carbonyl (C=O) groups is 2. The van der Waals surface area contributed by atoms with Gasteiger partial charge in [0.15, 0.2) is 0 Å². The third-order valence-electron chi connectivity index (χ3n) is 4.06. The minimum Gasteiger partial charge on any atom is -0.464 e. The fraction of sp³-hybridized carbons (Fsp3) is 0.333. The Morgan fingerprint density at radius 2 is 2.04 bits per heavy atom. The number of hydrogen-bond acceptors (Lipinski definition) is 3. The predicted octanol–water partition coefficient (Wildman–Crippen LogP) is 2.40. The normalized spacial score (nSPS) is 17.5. The van der Waals surface area contributed by atoms with Gasteiger partial charge in [-0.1, -0.05) is 30.3 Å². The van der Waals surface area contributed by atoms with Crippen molar-refractivity contribution in [1.29, 1.82) is 0 Å². The van der Waals surface area contributed by atoms with Gasteiger partial charge in [0.05, 0.1) is 6.54 Å². The minimum absolute atomic E-state index is 0.00101. The summed E-state index contributed by atoms with van der Waals surface area (Å²) >= 11 is 0. The number of furan rings is 1. The van der Waals surface area contributed by atoms with Crippen molar-refractivity contribution in [3.8, 4) is 0 Å². The van der Waals surface area contributed by atoms with Crippen LogP contribution in [0.5, 0.6) is 0 Å². The van der Waals surface area contributed by atoms with Gasteiger partial charge in [-0.2, -0.15) is 0 Å². The van der Waals surface area contributed by atoms with Crippen LogP contribution in [0.4, 0.5) is 0 Å². The average Bonchev–Trinajstić information content (AvgIpc) is 3.13. The third-order valence-corrected chi connectivity index (χ3v) is 4.06. The molecule has 1 aromatic heterocycles. The van der Waals surface area contributed by atoms with Crippen LogP contribution in [0.1, 0.15) is 29.9 Å². The molecule has 0 spiro atoms. The molecule has 0 saturated carbocycles. The van der Waals surface area contributed by atoms with Crippen molar-refractivity contribution in [3.63, 3.8) is 0 Å². The zero-order chi connectivity index (χ0) is 16.2. The van der Waals surface area contributed by atoms with Crippen molar-refractivity contribution in [2.24, 2.45) is 0 Å². The topological polar surface area (TPSA) is 62.6 Å². The lowest BCUT2D eigenvalue weighted by atomic mass is 10.2. The maximum Gasteiger partial charge on any atom is 0.243 e. The number of likely N-dealkylation sites (tertiary alicyclic amines) is 1. The van der Waals surface area contributed by atoms with Crippen molar-refractivity contribution >= 4 is 11.8 Å². The molecule has 3 rings (SSSR count). The van der Waals surface area contributed by atoms with Crippen LogP contribution in [0.15, 0.2) is 46.9 Å². The van der Waals surface area contributed by atoms with Gasteiger partial charge in [0.2, 0.25) is 11.8 Å². The molecule has 5 heteroatoms. The summed E-state index contributed by atoms with van der Waals surface area (Å²) in [7, 11) is 0. The molecule has 1 N–H and O–H groups in total. The molecule has 2 aromatic rings. The highest BCUT2D eigenvalue weighted by molar-refractivity contribution is 5.90. The maximum absolute atomic E-state index is 12.4. The van der Waals surface area contributed by atoms with Crippen LogP contribution in [-0.4, -0.2) is 22.8 Å². The average molecular weight is 312 g/mol. The van der Waals surface area contributed by atoms with E-state index in [0.717, 1.165) is 11.3 Å². The second-order valence-electron chi connectivity index (χ2n) is 5.79.